The van der Waals surface area contributed by atoms with Gasteiger partial charge in [0, 0.05) is 19.3 Å². The molecule has 60 heavy (non-hydrogen) atoms. The number of rotatable bonds is 22. The number of ketones is 1. The van der Waals surface area contributed by atoms with E-state index in [0.29, 0.717) is 17.8 Å². The van der Waals surface area contributed by atoms with Gasteiger partial charge in [-0.25, -0.2) is 9.71 Å². The second-order valence-electron chi connectivity index (χ2n) is 15.0. The molecular weight excluding hydrogens is 823 g/mol. The Morgan fingerprint density at radius 3 is 2.08 bits per heavy atom. The van der Waals surface area contributed by atoms with Gasteiger partial charge in [-0.1, -0.05) is 84.5 Å². The number of hydrogen-bond acceptors (Lipinski definition) is 15. The number of amides is 7. The fraction of sp³-hybridized carbons (Fsp3) is 0.622. The van der Waals surface area contributed by atoms with Gasteiger partial charge in [0.05, 0.1) is 18.8 Å². The number of anilines is 1. The van der Waals surface area contributed by atoms with E-state index >= 15 is 0 Å². The molecule has 3 rings (SSSR count). The van der Waals surface area contributed by atoms with Crippen LogP contribution in [-0.2, 0) is 43.6 Å². The van der Waals surface area contributed by atoms with Crippen LogP contribution in [-0.4, -0.2) is 106 Å². The Kier molecular flexibility index (Phi) is 19.1. The summed E-state index contributed by atoms with van der Waals surface area (Å²) in [5.41, 5.74) is 0.00904. The molecule has 7 N–H and O–H groups in total. The monoisotopic (exact) mass is 877 g/mol. The molecule has 7 amide bonds. The SMILES string of the molecule is CC[C@H](NC(=O)[C@H](CC1CCCCC1)NC(=O)[C@@H](NC(=O)[C@H](CC(C)C)NC(=O)c1cnccn1)[C@@H](C)CC)C(=O)C(=O)NCC(=O)NS(=O)(=O)c1nnc(NC(C)=O)s1. The molecule has 2 heterocycles. The van der Waals surface area contributed by atoms with Crippen LogP contribution in [0.5, 0.6) is 0 Å². The third-order valence-electron chi connectivity index (χ3n) is 9.69. The molecule has 330 valence electrons. The fourth-order valence-electron chi connectivity index (χ4n) is 6.34. The van der Waals surface area contributed by atoms with Gasteiger partial charge in [-0.05, 0) is 37.0 Å². The standard InChI is InChI=1S/C37H55N11O10S2/c1-7-21(5)29(45-32(53)25(16-20(3)4)43-33(54)27-18-38-14-15-39-27)34(55)44-26(17-23-12-10-9-11-13-23)31(52)42-24(8-2)30(51)35(56)40-19-28(50)48-60(57,58)37-47-46-36(59-37)41-22(6)49/h14-15,18,20-21,23-26,29H,7-13,16-17,19H2,1-6H3,(H,40,56)(H,42,52)(H,43,54)(H,44,55)(H,45,53)(H,48,50)(H,41,46,49)/t21-,24-,25-,26-,29-/m0/s1. The van der Waals surface area contributed by atoms with Crippen LogP contribution in [0.25, 0.3) is 0 Å². The lowest BCUT2D eigenvalue weighted by Gasteiger charge is -2.31. The number of carbonyl (C=O) groups excluding carboxylic acids is 8. The largest absolute Gasteiger partial charge is 0.344 e. The zero-order chi connectivity index (χ0) is 44.6. The molecule has 0 aliphatic heterocycles. The molecule has 0 bridgehead atoms. The third-order valence-corrected chi connectivity index (χ3v) is 12.3. The van der Waals surface area contributed by atoms with Crippen molar-refractivity contribution in [3.05, 3.63) is 24.3 Å². The van der Waals surface area contributed by atoms with E-state index in [9.17, 15) is 46.8 Å². The zero-order valence-electron chi connectivity index (χ0n) is 34.5. The number of sulfonamides is 1. The minimum Gasteiger partial charge on any atom is -0.344 e. The van der Waals surface area contributed by atoms with Crippen molar-refractivity contribution in [2.75, 3.05) is 11.9 Å². The first kappa shape index (κ1) is 48.9. The second kappa shape index (κ2) is 23.4. The number of carbonyl (C=O) groups is 8. The van der Waals surface area contributed by atoms with Gasteiger partial charge in [0.1, 0.15) is 23.8 Å². The molecule has 0 saturated heterocycles. The van der Waals surface area contributed by atoms with Crippen molar-refractivity contribution < 1.29 is 46.8 Å². The third kappa shape index (κ3) is 15.3. The summed E-state index contributed by atoms with van der Waals surface area (Å²) in [6, 6.07) is -4.71. The van der Waals surface area contributed by atoms with E-state index in [1.807, 2.05) is 26.1 Å². The van der Waals surface area contributed by atoms with Crippen molar-refractivity contribution >= 4 is 73.6 Å². The first-order valence-corrected chi connectivity index (χ1v) is 22.1. The Morgan fingerprint density at radius 2 is 1.48 bits per heavy atom. The summed E-state index contributed by atoms with van der Waals surface area (Å²) in [6.07, 6.45) is 9.39. The van der Waals surface area contributed by atoms with Crippen LogP contribution in [0.4, 0.5) is 5.13 Å². The summed E-state index contributed by atoms with van der Waals surface area (Å²) < 4.78 is 26.1. The van der Waals surface area contributed by atoms with E-state index in [2.05, 4.69) is 46.7 Å². The highest BCUT2D eigenvalue weighted by Crippen LogP contribution is 2.28. The summed E-state index contributed by atoms with van der Waals surface area (Å²) in [7, 11) is -4.53. The van der Waals surface area contributed by atoms with Crippen LogP contribution in [0.15, 0.2) is 22.9 Å². The van der Waals surface area contributed by atoms with Crippen LogP contribution in [0.3, 0.4) is 0 Å². The lowest BCUT2D eigenvalue weighted by molar-refractivity contribution is -0.141. The molecule has 0 radical (unpaired) electrons. The summed E-state index contributed by atoms with van der Waals surface area (Å²) >= 11 is 0.478. The van der Waals surface area contributed by atoms with Crippen molar-refractivity contribution in [1.29, 1.82) is 0 Å². The number of Topliss-reactive ketones (excluding diaryl/α,β-unsaturated/α-hetero) is 1. The van der Waals surface area contributed by atoms with Gasteiger partial charge in [0.25, 0.3) is 32.1 Å². The van der Waals surface area contributed by atoms with E-state index in [-0.39, 0.29) is 41.9 Å². The molecule has 23 heteroatoms. The highest BCUT2D eigenvalue weighted by atomic mass is 32.2. The number of hydrogen-bond donors (Lipinski definition) is 7. The normalized spacial score (nSPS) is 15.6. The van der Waals surface area contributed by atoms with Crippen LogP contribution < -0.4 is 36.6 Å². The van der Waals surface area contributed by atoms with Crippen molar-refractivity contribution in [3.8, 4) is 0 Å². The van der Waals surface area contributed by atoms with E-state index in [4.69, 9.17) is 0 Å². The van der Waals surface area contributed by atoms with Crippen molar-refractivity contribution in [2.24, 2.45) is 17.8 Å². The van der Waals surface area contributed by atoms with E-state index in [0.717, 1.165) is 32.1 Å². The predicted octanol–water partition coefficient (Wildman–Crippen LogP) is 0.502. The van der Waals surface area contributed by atoms with Crippen molar-refractivity contribution in [3.63, 3.8) is 0 Å². The average Bonchev–Trinajstić information content (AvgIpc) is 3.69. The Bertz CT molecular complexity index is 1960. The van der Waals surface area contributed by atoms with Gasteiger partial charge in [0.15, 0.2) is 0 Å². The molecule has 0 aromatic carbocycles. The Hall–Kier alpha value is -5.45. The van der Waals surface area contributed by atoms with Crippen molar-refractivity contribution in [2.45, 2.75) is 128 Å². The van der Waals surface area contributed by atoms with Crippen LogP contribution in [0.2, 0.25) is 0 Å². The Morgan fingerprint density at radius 1 is 0.817 bits per heavy atom. The van der Waals surface area contributed by atoms with E-state index in [1.54, 1.807) is 11.6 Å². The maximum Gasteiger partial charge on any atom is 0.293 e. The van der Waals surface area contributed by atoms with E-state index in [1.165, 1.54) is 32.4 Å². The highest BCUT2D eigenvalue weighted by molar-refractivity contribution is 7.92. The molecule has 0 spiro atoms. The molecule has 0 unspecified atom stereocenters. The van der Waals surface area contributed by atoms with Gasteiger partial charge in [-0.2, -0.15) is 8.42 Å². The van der Waals surface area contributed by atoms with Gasteiger partial charge in [-0.15, -0.1) is 10.2 Å². The first-order valence-electron chi connectivity index (χ1n) is 19.8. The Balaban J connectivity index is 1.71. The van der Waals surface area contributed by atoms with Crippen molar-refractivity contribution in [1.82, 2.24) is 51.5 Å². The number of nitrogens with zero attached hydrogens (tertiary/aromatic N) is 4. The smallest absolute Gasteiger partial charge is 0.293 e. The van der Waals surface area contributed by atoms with Gasteiger partial charge >= 0.3 is 0 Å². The van der Waals surface area contributed by atoms with Gasteiger partial charge < -0.3 is 31.9 Å². The molecule has 1 saturated carbocycles. The maximum absolute atomic E-state index is 14.1. The number of nitrogens with one attached hydrogen (secondary N) is 7. The quantitative estimate of drug-likeness (QED) is 0.0626. The lowest BCUT2D eigenvalue weighted by Crippen LogP contribution is -2.60. The summed E-state index contributed by atoms with van der Waals surface area (Å²) in [6.45, 7) is 9.12. The average molecular weight is 878 g/mol. The van der Waals surface area contributed by atoms with E-state index < -0.39 is 98.1 Å². The molecule has 21 nitrogen and oxygen atoms in total. The van der Waals surface area contributed by atoms with Crippen LogP contribution in [0, 0.1) is 17.8 Å². The minimum atomic E-state index is -4.53. The summed E-state index contributed by atoms with van der Waals surface area (Å²) in [5.74, 6) is -7.16. The molecule has 1 fully saturated rings. The topological polar surface area (TPSA) is 306 Å². The number of aromatic nitrogens is 4. The molecule has 5 atom stereocenters. The summed E-state index contributed by atoms with van der Waals surface area (Å²) in [4.78, 5) is 112. The van der Waals surface area contributed by atoms with Gasteiger partial charge in [-0.3, -0.25) is 43.3 Å². The minimum absolute atomic E-state index is 0.00904. The molecule has 2 aromatic rings. The summed E-state index contributed by atoms with van der Waals surface area (Å²) in [5, 5.41) is 21.9. The first-order chi connectivity index (χ1) is 28.3. The maximum atomic E-state index is 14.1. The Labute approximate surface area is 352 Å². The second-order valence-corrected chi connectivity index (χ2v) is 17.9. The zero-order valence-corrected chi connectivity index (χ0v) is 36.2. The fourth-order valence-corrected chi connectivity index (χ4v) is 8.27. The van der Waals surface area contributed by atoms with Gasteiger partial charge in [0.2, 0.25) is 34.5 Å². The molecule has 2 aromatic heterocycles. The molecule has 1 aliphatic rings. The van der Waals surface area contributed by atoms with Crippen LogP contribution in [0.1, 0.15) is 110 Å². The highest BCUT2D eigenvalue weighted by Gasteiger charge is 2.36. The lowest BCUT2D eigenvalue weighted by atomic mass is 9.84. The predicted molar refractivity (Wildman–Crippen MR) is 217 cm³/mol. The van der Waals surface area contributed by atoms with Crippen LogP contribution >= 0.6 is 11.3 Å². The molecular formula is C37H55N11O10S2. The molecule has 1 aliphatic carbocycles.